The van der Waals surface area contributed by atoms with Crippen LogP contribution >= 0.6 is 0 Å². The van der Waals surface area contributed by atoms with Crippen molar-refractivity contribution in [2.75, 3.05) is 6.61 Å². The van der Waals surface area contributed by atoms with Crippen molar-refractivity contribution in [1.82, 2.24) is 4.98 Å². The molecule has 4 N–H and O–H groups in total. The number of rotatable bonds is 2. The number of carbonyl (C=O) groups excluding carboxylic acids is 1. The van der Waals surface area contributed by atoms with Gasteiger partial charge in [0.25, 0.3) is 0 Å². The van der Waals surface area contributed by atoms with Gasteiger partial charge in [-0.25, -0.2) is 0 Å². The second-order valence-corrected chi connectivity index (χ2v) is 5.69. The van der Waals surface area contributed by atoms with Crippen molar-refractivity contribution in [3.63, 3.8) is 0 Å². The van der Waals surface area contributed by atoms with E-state index in [-0.39, 0.29) is 18.0 Å². The Bertz CT molecular complexity index is 736. The molecule has 3 rings (SSSR count). The molecule has 4 nitrogen and oxygen atoms in total. The van der Waals surface area contributed by atoms with E-state index in [0.29, 0.717) is 29.5 Å². The molecule has 118 valence electrons. The lowest BCUT2D eigenvalue weighted by Crippen LogP contribution is -2.30. The molecule has 2 unspecified atom stereocenters. The quantitative estimate of drug-likeness (QED) is 0.795. The highest BCUT2D eigenvalue weighted by Crippen LogP contribution is 2.42. The van der Waals surface area contributed by atoms with Crippen LogP contribution in [0.25, 0.3) is 10.9 Å². The van der Waals surface area contributed by atoms with E-state index < -0.39 is 23.6 Å². The lowest BCUT2D eigenvalue weighted by atomic mass is 9.79. The predicted octanol–water partition coefficient (Wildman–Crippen LogP) is 2.31. The minimum atomic E-state index is -4.48. The maximum absolute atomic E-state index is 13.1. The van der Waals surface area contributed by atoms with Gasteiger partial charge in [0.05, 0.1) is 17.0 Å². The van der Waals surface area contributed by atoms with Crippen molar-refractivity contribution in [3.05, 3.63) is 35.0 Å². The molecule has 1 aromatic carbocycles. The first-order valence-corrected chi connectivity index (χ1v) is 6.93. The van der Waals surface area contributed by atoms with E-state index in [1.54, 1.807) is 6.07 Å². The van der Waals surface area contributed by atoms with E-state index in [0.717, 1.165) is 6.07 Å². The summed E-state index contributed by atoms with van der Waals surface area (Å²) in [7, 11) is 0. The third-order valence-electron chi connectivity index (χ3n) is 4.29. The highest BCUT2D eigenvalue weighted by atomic mass is 19.4. The van der Waals surface area contributed by atoms with E-state index in [4.69, 9.17) is 5.73 Å². The van der Waals surface area contributed by atoms with Gasteiger partial charge in [0, 0.05) is 17.7 Å². The molecule has 1 aliphatic rings. The number of fused-ring (bicyclic) bond motifs is 3. The Morgan fingerprint density at radius 2 is 2.14 bits per heavy atom. The normalized spacial score (nSPS) is 21.8. The molecule has 1 aliphatic carbocycles. The molecule has 1 aromatic heterocycles. The molecule has 7 heteroatoms. The van der Waals surface area contributed by atoms with Crippen molar-refractivity contribution in [2.24, 2.45) is 11.7 Å². The smallest absolute Gasteiger partial charge is 0.396 e. The van der Waals surface area contributed by atoms with Crippen LogP contribution in [0.15, 0.2) is 18.2 Å². The van der Waals surface area contributed by atoms with Gasteiger partial charge in [0.15, 0.2) is 0 Å². The number of primary amides is 1. The highest BCUT2D eigenvalue weighted by Gasteiger charge is 2.37. The lowest BCUT2D eigenvalue weighted by molar-refractivity contribution is -0.136. The molecule has 0 radical (unpaired) electrons. The fraction of sp³-hybridized carbons (Fsp3) is 0.400. The van der Waals surface area contributed by atoms with Crippen LogP contribution in [0.5, 0.6) is 0 Å². The molecule has 0 fully saturated rings. The lowest BCUT2D eigenvalue weighted by Gasteiger charge is -2.26. The average molecular weight is 312 g/mol. The van der Waals surface area contributed by atoms with Crippen LogP contribution in [0, 0.1) is 5.92 Å². The number of carbonyl (C=O) groups is 1. The number of aliphatic hydroxyl groups is 1. The van der Waals surface area contributed by atoms with Crippen molar-refractivity contribution in [2.45, 2.75) is 24.9 Å². The maximum atomic E-state index is 13.1. The molecule has 1 amide bonds. The molecular formula is C15H15F3N2O2. The number of amides is 1. The summed E-state index contributed by atoms with van der Waals surface area (Å²) in [5.74, 6) is -1.48. The number of aromatic nitrogens is 1. The molecule has 2 atom stereocenters. The monoisotopic (exact) mass is 312 g/mol. The molecule has 1 heterocycles. The number of hydrogen-bond acceptors (Lipinski definition) is 2. The number of halogens is 3. The molecule has 22 heavy (non-hydrogen) atoms. The largest absolute Gasteiger partial charge is 0.418 e. The van der Waals surface area contributed by atoms with Crippen molar-refractivity contribution in [1.29, 1.82) is 0 Å². The Labute approximate surface area is 124 Å². The van der Waals surface area contributed by atoms with Gasteiger partial charge in [-0.05, 0) is 30.4 Å². The van der Waals surface area contributed by atoms with Gasteiger partial charge in [0.1, 0.15) is 0 Å². The first-order chi connectivity index (χ1) is 10.3. The minimum Gasteiger partial charge on any atom is -0.396 e. The summed E-state index contributed by atoms with van der Waals surface area (Å²) in [5, 5.41) is 9.81. The van der Waals surface area contributed by atoms with Gasteiger partial charge in [-0.2, -0.15) is 13.2 Å². The van der Waals surface area contributed by atoms with E-state index in [9.17, 15) is 23.1 Å². The van der Waals surface area contributed by atoms with Gasteiger partial charge in [-0.1, -0.05) is 12.1 Å². The molecule has 0 aliphatic heterocycles. The fourth-order valence-electron chi connectivity index (χ4n) is 3.27. The first kappa shape index (κ1) is 14.9. The van der Waals surface area contributed by atoms with Gasteiger partial charge < -0.3 is 15.8 Å². The van der Waals surface area contributed by atoms with E-state index >= 15 is 0 Å². The molecule has 2 aromatic rings. The number of alkyl halides is 3. The number of H-pyrrole nitrogens is 1. The van der Waals surface area contributed by atoms with Crippen molar-refractivity contribution in [3.8, 4) is 0 Å². The predicted molar refractivity (Wildman–Crippen MR) is 74.1 cm³/mol. The third-order valence-corrected chi connectivity index (χ3v) is 4.29. The number of nitrogens with one attached hydrogen (secondary N) is 1. The second-order valence-electron chi connectivity index (χ2n) is 5.69. The second kappa shape index (κ2) is 5.01. The minimum absolute atomic E-state index is 0.0233. The number of aliphatic hydroxyl groups excluding tert-OH is 1. The van der Waals surface area contributed by atoms with E-state index in [1.165, 1.54) is 6.07 Å². The molecular weight excluding hydrogens is 297 g/mol. The number of para-hydroxylation sites is 1. The van der Waals surface area contributed by atoms with E-state index in [1.807, 2.05) is 0 Å². The summed E-state index contributed by atoms with van der Waals surface area (Å²) in [6.07, 6.45) is -3.71. The molecule has 0 saturated heterocycles. The van der Waals surface area contributed by atoms with Crippen LogP contribution in [0.1, 0.15) is 29.2 Å². The Hall–Kier alpha value is -2.02. The van der Waals surface area contributed by atoms with E-state index in [2.05, 4.69) is 4.98 Å². The Kier molecular flexibility index (Phi) is 3.40. The zero-order valence-electron chi connectivity index (χ0n) is 11.6. The summed E-state index contributed by atoms with van der Waals surface area (Å²) < 4.78 is 39.4. The van der Waals surface area contributed by atoms with Gasteiger partial charge in [-0.15, -0.1) is 0 Å². The topological polar surface area (TPSA) is 79.1 Å². The van der Waals surface area contributed by atoms with Crippen molar-refractivity contribution < 1.29 is 23.1 Å². The average Bonchev–Trinajstić information content (AvgIpc) is 2.83. The first-order valence-electron chi connectivity index (χ1n) is 6.93. The zero-order chi connectivity index (χ0) is 16.1. The van der Waals surface area contributed by atoms with Crippen LogP contribution in [0.3, 0.4) is 0 Å². The fourth-order valence-corrected chi connectivity index (χ4v) is 3.27. The number of aromatic amines is 1. The summed E-state index contributed by atoms with van der Waals surface area (Å²) >= 11 is 0. The Morgan fingerprint density at radius 3 is 2.73 bits per heavy atom. The van der Waals surface area contributed by atoms with Gasteiger partial charge in [0.2, 0.25) is 5.91 Å². The van der Waals surface area contributed by atoms with Crippen LogP contribution in [0.2, 0.25) is 0 Å². The SMILES string of the molecule is NC(=O)C1CC(CO)Cc2c1[nH]c1c(C(F)(F)F)cccc21. The Morgan fingerprint density at radius 1 is 1.41 bits per heavy atom. The Balaban J connectivity index is 2.25. The van der Waals surface area contributed by atoms with Gasteiger partial charge in [-0.3, -0.25) is 4.79 Å². The highest BCUT2D eigenvalue weighted by molar-refractivity contribution is 5.91. The van der Waals surface area contributed by atoms with Crippen LogP contribution in [-0.2, 0) is 17.4 Å². The molecule has 0 spiro atoms. The van der Waals surface area contributed by atoms with Crippen LogP contribution in [0.4, 0.5) is 13.2 Å². The number of hydrogen-bond donors (Lipinski definition) is 3. The third kappa shape index (κ3) is 2.25. The summed E-state index contributed by atoms with van der Waals surface area (Å²) in [6, 6.07) is 3.95. The summed E-state index contributed by atoms with van der Waals surface area (Å²) in [6.45, 7) is -0.130. The summed E-state index contributed by atoms with van der Waals surface area (Å²) in [4.78, 5) is 14.4. The van der Waals surface area contributed by atoms with Crippen LogP contribution in [-0.4, -0.2) is 22.6 Å². The number of benzene rings is 1. The summed E-state index contributed by atoms with van der Waals surface area (Å²) in [5.41, 5.74) is 5.69. The van der Waals surface area contributed by atoms with Crippen molar-refractivity contribution >= 4 is 16.8 Å². The molecule has 0 saturated carbocycles. The van der Waals surface area contributed by atoms with Gasteiger partial charge >= 0.3 is 6.18 Å². The van der Waals surface area contributed by atoms with Crippen LogP contribution < -0.4 is 5.73 Å². The number of nitrogens with two attached hydrogens (primary N) is 1. The maximum Gasteiger partial charge on any atom is 0.418 e. The standard InChI is InChI=1S/C15H15F3N2O2/c16-15(17,18)11-3-1-2-8-9-4-7(6-21)5-10(14(19)22)12(9)20-13(8)11/h1-3,7,10,20-21H,4-6H2,(H2,19,22). The zero-order valence-corrected chi connectivity index (χ0v) is 11.6. The molecule has 0 bridgehead atoms.